The van der Waals surface area contributed by atoms with Gasteiger partial charge in [-0.05, 0) is 48.9 Å². The van der Waals surface area contributed by atoms with Crippen LogP contribution in [-0.2, 0) is 0 Å². The van der Waals surface area contributed by atoms with Crippen LogP contribution in [0.15, 0.2) is 61.2 Å². The zero-order valence-electron chi connectivity index (χ0n) is 10.5. The molecule has 0 aliphatic heterocycles. The molecule has 1 aromatic carbocycles. The van der Waals surface area contributed by atoms with Crippen molar-refractivity contribution in [2.75, 3.05) is 0 Å². The van der Waals surface area contributed by atoms with Gasteiger partial charge in [0.05, 0.1) is 0 Å². The van der Waals surface area contributed by atoms with Crippen LogP contribution in [0, 0.1) is 12.7 Å². The average Bonchev–Trinajstić information content (AvgIpc) is 2.89. The summed E-state index contributed by atoms with van der Waals surface area (Å²) in [6.07, 6.45) is 7.64. The number of hydrogen-bond acceptors (Lipinski definition) is 1. The first-order valence-electron chi connectivity index (χ1n) is 6.09. The molecule has 0 atom stereocenters. The molecule has 3 rings (SSSR count). The van der Waals surface area contributed by atoms with Crippen LogP contribution >= 0.6 is 0 Å². The maximum absolute atomic E-state index is 12.9. The first kappa shape index (κ1) is 11.7. The molecule has 0 saturated carbocycles. The number of benzene rings is 1. The Morgan fingerprint density at radius 1 is 1.05 bits per heavy atom. The lowest BCUT2D eigenvalue weighted by Gasteiger charge is -2.03. The topological polar surface area (TPSA) is 17.8 Å². The maximum atomic E-state index is 12.9. The minimum absolute atomic E-state index is 0.223. The van der Waals surface area contributed by atoms with E-state index in [2.05, 4.69) is 11.9 Å². The lowest BCUT2D eigenvalue weighted by Crippen LogP contribution is -1.89. The highest BCUT2D eigenvalue weighted by Crippen LogP contribution is 2.24. The average molecular weight is 252 g/mol. The van der Waals surface area contributed by atoms with Crippen LogP contribution in [-0.4, -0.2) is 9.55 Å². The fourth-order valence-electron chi connectivity index (χ4n) is 2.10. The molecule has 0 unspecified atom stereocenters. The van der Waals surface area contributed by atoms with E-state index in [1.54, 1.807) is 18.3 Å². The normalized spacial score (nSPS) is 10.6. The van der Waals surface area contributed by atoms with Crippen molar-refractivity contribution in [3.8, 4) is 16.8 Å². The van der Waals surface area contributed by atoms with Crippen molar-refractivity contribution in [3.05, 3.63) is 72.6 Å². The Morgan fingerprint density at radius 2 is 1.84 bits per heavy atom. The summed E-state index contributed by atoms with van der Waals surface area (Å²) in [4.78, 5) is 4.16. The Hall–Kier alpha value is -2.42. The first-order valence-corrected chi connectivity index (χ1v) is 6.09. The predicted octanol–water partition coefficient (Wildman–Crippen LogP) is 3.99. The van der Waals surface area contributed by atoms with Crippen LogP contribution in [0.4, 0.5) is 4.39 Å². The van der Waals surface area contributed by atoms with Crippen LogP contribution < -0.4 is 0 Å². The van der Waals surface area contributed by atoms with Gasteiger partial charge in [-0.3, -0.25) is 4.98 Å². The number of aromatic nitrogens is 2. The Balaban J connectivity index is 2.00. The molecule has 0 aliphatic rings. The van der Waals surface area contributed by atoms with Gasteiger partial charge in [0.15, 0.2) is 0 Å². The first-order chi connectivity index (χ1) is 9.24. The summed E-state index contributed by atoms with van der Waals surface area (Å²) in [5, 5.41) is 0. The van der Waals surface area contributed by atoms with E-state index in [9.17, 15) is 4.39 Å². The number of pyridine rings is 1. The van der Waals surface area contributed by atoms with Crippen LogP contribution in [0.25, 0.3) is 16.8 Å². The molecule has 0 radical (unpaired) electrons. The minimum Gasteiger partial charge on any atom is -0.323 e. The Labute approximate surface area is 111 Å². The zero-order chi connectivity index (χ0) is 13.2. The largest absolute Gasteiger partial charge is 0.323 e. The fourth-order valence-corrected chi connectivity index (χ4v) is 2.10. The standard InChI is InChI=1S/C16H13FN2/c1-12-6-8-18-10-16(12)13-7-9-19(11-13)15-4-2-14(17)3-5-15/h2-11H,1H3. The van der Waals surface area contributed by atoms with Crippen LogP contribution in [0.1, 0.15) is 5.56 Å². The molecule has 0 saturated heterocycles. The van der Waals surface area contributed by atoms with Crippen LogP contribution in [0.5, 0.6) is 0 Å². The van der Waals surface area contributed by atoms with Crippen molar-refractivity contribution in [1.29, 1.82) is 0 Å². The molecular formula is C16H13FN2. The second-order valence-corrected chi connectivity index (χ2v) is 4.47. The smallest absolute Gasteiger partial charge is 0.123 e. The Morgan fingerprint density at radius 3 is 2.58 bits per heavy atom. The molecule has 19 heavy (non-hydrogen) atoms. The van der Waals surface area contributed by atoms with Crippen molar-refractivity contribution < 1.29 is 4.39 Å². The van der Waals surface area contributed by atoms with Crippen molar-refractivity contribution >= 4 is 0 Å². The van der Waals surface area contributed by atoms with Gasteiger partial charge in [0, 0.05) is 41.6 Å². The van der Waals surface area contributed by atoms with Crippen LogP contribution in [0.3, 0.4) is 0 Å². The molecule has 2 aromatic heterocycles. The van der Waals surface area contributed by atoms with Crippen molar-refractivity contribution in [2.45, 2.75) is 6.92 Å². The third kappa shape index (κ3) is 2.27. The second-order valence-electron chi connectivity index (χ2n) is 4.47. The van der Waals surface area contributed by atoms with E-state index in [0.717, 1.165) is 16.8 Å². The Kier molecular flexibility index (Phi) is 2.88. The molecular weight excluding hydrogens is 239 g/mol. The molecule has 0 aliphatic carbocycles. The zero-order valence-corrected chi connectivity index (χ0v) is 10.5. The lowest BCUT2D eigenvalue weighted by molar-refractivity contribution is 0.627. The molecule has 2 heterocycles. The summed E-state index contributed by atoms with van der Waals surface area (Å²) >= 11 is 0. The molecule has 3 aromatic rings. The van der Waals surface area contributed by atoms with Crippen molar-refractivity contribution in [1.82, 2.24) is 9.55 Å². The van der Waals surface area contributed by atoms with E-state index in [0.29, 0.717) is 0 Å². The van der Waals surface area contributed by atoms with Gasteiger partial charge in [-0.15, -0.1) is 0 Å². The number of nitrogens with zero attached hydrogens (tertiary/aromatic N) is 2. The van der Waals surface area contributed by atoms with Gasteiger partial charge in [0.1, 0.15) is 5.82 Å². The highest BCUT2D eigenvalue weighted by atomic mass is 19.1. The van der Waals surface area contributed by atoms with Gasteiger partial charge in [-0.1, -0.05) is 0 Å². The monoisotopic (exact) mass is 252 g/mol. The number of rotatable bonds is 2. The quantitative estimate of drug-likeness (QED) is 0.674. The van der Waals surface area contributed by atoms with E-state index in [1.165, 1.54) is 17.7 Å². The van der Waals surface area contributed by atoms with E-state index < -0.39 is 0 Å². The van der Waals surface area contributed by atoms with Gasteiger partial charge in [0.25, 0.3) is 0 Å². The number of halogens is 1. The van der Waals surface area contributed by atoms with Gasteiger partial charge >= 0.3 is 0 Å². The molecule has 0 fully saturated rings. The summed E-state index contributed by atoms with van der Waals surface area (Å²) in [6.45, 7) is 2.06. The van der Waals surface area contributed by atoms with Gasteiger partial charge < -0.3 is 4.57 Å². The molecule has 3 heteroatoms. The van der Waals surface area contributed by atoms with E-state index in [1.807, 2.05) is 35.3 Å². The summed E-state index contributed by atoms with van der Waals surface area (Å²) in [5.41, 5.74) is 4.35. The fraction of sp³-hybridized carbons (Fsp3) is 0.0625. The lowest BCUT2D eigenvalue weighted by atomic mass is 10.1. The third-order valence-electron chi connectivity index (χ3n) is 3.17. The second kappa shape index (κ2) is 4.69. The molecule has 0 amide bonds. The van der Waals surface area contributed by atoms with E-state index in [4.69, 9.17) is 0 Å². The van der Waals surface area contributed by atoms with Crippen molar-refractivity contribution in [2.24, 2.45) is 0 Å². The summed E-state index contributed by atoms with van der Waals surface area (Å²) in [5.74, 6) is -0.223. The molecule has 0 bridgehead atoms. The van der Waals surface area contributed by atoms with Crippen molar-refractivity contribution in [3.63, 3.8) is 0 Å². The molecule has 0 N–H and O–H groups in total. The predicted molar refractivity (Wildman–Crippen MR) is 73.7 cm³/mol. The highest BCUT2D eigenvalue weighted by molar-refractivity contribution is 5.66. The maximum Gasteiger partial charge on any atom is 0.123 e. The summed E-state index contributed by atoms with van der Waals surface area (Å²) in [6, 6.07) is 10.5. The van der Waals surface area contributed by atoms with Gasteiger partial charge in [-0.25, -0.2) is 4.39 Å². The number of aryl methyl sites for hydroxylation is 1. The van der Waals surface area contributed by atoms with Gasteiger partial charge in [-0.2, -0.15) is 0 Å². The molecule has 2 nitrogen and oxygen atoms in total. The highest BCUT2D eigenvalue weighted by Gasteiger charge is 2.04. The summed E-state index contributed by atoms with van der Waals surface area (Å²) in [7, 11) is 0. The SMILES string of the molecule is Cc1ccncc1-c1ccn(-c2ccc(F)cc2)c1. The summed E-state index contributed by atoms with van der Waals surface area (Å²) < 4.78 is 14.9. The number of hydrogen-bond donors (Lipinski definition) is 0. The van der Waals surface area contributed by atoms with Crippen LogP contribution in [0.2, 0.25) is 0 Å². The minimum atomic E-state index is -0.223. The van der Waals surface area contributed by atoms with Gasteiger partial charge in [0.2, 0.25) is 0 Å². The molecule has 94 valence electrons. The Bertz CT molecular complexity index is 699. The van der Waals surface area contributed by atoms with E-state index >= 15 is 0 Å². The van der Waals surface area contributed by atoms with E-state index in [-0.39, 0.29) is 5.82 Å². The molecule has 0 spiro atoms. The third-order valence-corrected chi connectivity index (χ3v) is 3.17.